The number of rotatable bonds is 3. The van der Waals surface area contributed by atoms with Crippen LogP contribution in [0.5, 0.6) is 0 Å². The van der Waals surface area contributed by atoms with E-state index in [9.17, 15) is 9.90 Å². The van der Waals surface area contributed by atoms with E-state index in [1.54, 1.807) is 24.1 Å². The number of hydrogen-bond acceptors (Lipinski definition) is 3. The van der Waals surface area contributed by atoms with Gasteiger partial charge in [0, 0.05) is 19.6 Å². The summed E-state index contributed by atoms with van der Waals surface area (Å²) in [5, 5.41) is 10.2. The van der Waals surface area contributed by atoms with Crippen molar-refractivity contribution in [3.8, 4) is 0 Å². The van der Waals surface area contributed by atoms with Crippen LogP contribution < -0.4 is 0 Å². The third-order valence-electron chi connectivity index (χ3n) is 3.84. The number of likely N-dealkylation sites (N-methyl/N-ethyl adjacent to an activating group) is 2. The van der Waals surface area contributed by atoms with Crippen LogP contribution in [-0.2, 0) is 4.79 Å². The van der Waals surface area contributed by atoms with Crippen molar-refractivity contribution in [1.82, 2.24) is 9.80 Å². The topological polar surface area (TPSA) is 43.8 Å². The maximum atomic E-state index is 12.3. The molecular weight excluding hydrogens is 240 g/mol. The number of piperidine rings is 1. The molecule has 1 N–H and O–H groups in total. The first-order valence-electron chi connectivity index (χ1n) is 6.78. The summed E-state index contributed by atoms with van der Waals surface area (Å²) in [6.07, 6.45) is 1.05. The van der Waals surface area contributed by atoms with Gasteiger partial charge in [0.1, 0.15) is 0 Å². The molecule has 2 unspecified atom stereocenters. The number of likely N-dealkylation sites (tertiary alicyclic amines) is 1. The van der Waals surface area contributed by atoms with Gasteiger partial charge in [0.15, 0.2) is 6.10 Å². The summed E-state index contributed by atoms with van der Waals surface area (Å²) in [5.41, 5.74) is 0.656. The number of aliphatic hydroxyl groups is 1. The molecule has 1 aromatic carbocycles. The third-order valence-corrected chi connectivity index (χ3v) is 3.84. The van der Waals surface area contributed by atoms with Crippen molar-refractivity contribution >= 4 is 5.91 Å². The van der Waals surface area contributed by atoms with Crippen LogP contribution in [0.3, 0.4) is 0 Å². The monoisotopic (exact) mass is 262 g/mol. The lowest BCUT2D eigenvalue weighted by molar-refractivity contribution is -0.142. The van der Waals surface area contributed by atoms with Gasteiger partial charge in [-0.25, -0.2) is 0 Å². The van der Waals surface area contributed by atoms with Gasteiger partial charge in [-0.1, -0.05) is 30.3 Å². The second-order valence-corrected chi connectivity index (χ2v) is 5.32. The fourth-order valence-electron chi connectivity index (χ4n) is 2.61. The van der Waals surface area contributed by atoms with Gasteiger partial charge in [-0.2, -0.15) is 0 Å². The number of benzene rings is 1. The molecule has 4 nitrogen and oxygen atoms in total. The number of carbonyl (C=O) groups is 1. The molecule has 1 aromatic rings. The Balaban J connectivity index is 2.02. The summed E-state index contributed by atoms with van der Waals surface area (Å²) in [5.74, 6) is -0.216. The van der Waals surface area contributed by atoms with Gasteiger partial charge < -0.3 is 14.9 Å². The molecule has 1 amide bonds. The summed E-state index contributed by atoms with van der Waals surface area (Å²) in [6.45, 7) is 1.96. The molecule has 0 radical (unpaired) electrons. The number of amides is 1. The van der Waals surface area contributed by atoms with Gasteiger partial charge in [0.05, 0.1) is 0 Å². The molecule has 104 valence electrons. The van der Waals surface area contributed by atoms with Gasteiger partial charge >= 0.3 is 0 Å². The molecule has 2 atom stereocenters. The number of hydrogen-bond donors (Lipinski definition) is 1. The van der Waals surface area contributed by atoms with E-state index in [0.29, 0.717) is 5.56 Å². The van der Waals surface area contributed by atoms with Crippen molar-refractivity contribution in [3.05, 3.63) is 35.9 Å². The molecule has 0 spiro atoms. The maximum absolute atomic E-state index is 12.3. The Kier molecular flexibility index (Phi) is 4.56. The standard InChI is InChI=1S/C15H22N2O2/c1-16-10-6-9-13(11-16)17(2)15(19)14(18)12-7-4-3-5-8-12/h3-5,7-8,13-14,18H,6,9-11H2,1-2H3. The Hall–Kier alpha value is -1.39. The van der Waals surface area contributed by atoms with Crippen molar-refractivity contribution in [2.45, 2.75) is 25.0 Å². The van der Waals surface area contributed by atoms with Crippen LogP contribution in [0.2, 0.25) is 0 Å². The van der Waals surface area contributed by atoms with E-state index in [0.717, 1.165) is 25.9 Å². The number of nitrogens with zero attached hydrogens (tertiary/aromatic N) is 2. The van der Waals surface area contributed by atoms with Crippen molar-refractivity contribution in [1.29, 1.82) is 0 Å². The lowest BCUT2D eigenvalue weighted by atomic mass is 10.0. The second kappa shape index (κ2) is 6.17. The highest BCUT2D eigenvalue weighted by Crippen LogP contribution is 2.19. The molecule has 0 saturated carbocycles. The minimum absolute atomic E-state index is 0.199. The molecule has 4 heteroatoms. The Bertz CT molecular complexity index is 421. The van der Waals surface area contributed by atoms with E-state index in [1.807, 2.05) is 18.2 Å². The summed E-state index contributed by atoms with van der Waals surface area (Å²) in [4.78, 5) is 16.2. The van der Waals surface area contributed by atoms with E-state index in [-0.39, 0.29) is 11.9 Å². The summed E-state index contributed by atoms with van der Waals surface area (Å²) < 4.78 is 0. The second-order valence-electron chi connectivity index (χ2n) is 5.32. The minimum atomic E-state index is -1.06. The van der Waals surface area contributed by atoms with E-state index in [1.165, 1.54) is 0 Å². The Labute approximate surface area is 114 Å². The van der Waals surface area contributed by atoms with Gasteiger partial charge in [-0.05, 0) is 32.0 Å². The third kappa shape index (κ3) is 3.33. The first-order valence-corrected chi connectivity index (χ1v) is 6.78. The minimum Gasteiger partial charge on any atom is -0.378 e. The number of aliphatic hydroxyl groups excluding tert-OH is 1. The zero-order valence-corrected chi connectivity index (χ0v) is 11.6. The van der Waals surface area contributed by atoms with Crippen LogP contribution in [0.1, 0.15) is 24.5 Å². The van der Waals surface area contributed by atoms with Crippen LogP contribution in [0.25, 0.3) is 0 Å². The highest BCUT2D eigenvalue weighted by molar-refractivity contribution is 5.82. The summed E-state index contributed by atoms with van der Waals surface area (Å²) >= 11 is 0. The number of carbonyl (C=O) groups excluding carboxylic acids is 1. The first kappa shape index (κ1) is 14.0. The summed E-state index contributed by atoms with van der Waals surface area (Å²) in [7, 11) is 3.86. The molecular formula is C15H22N2O2. The van der Waals surface area contributed by atoms with Gasteiger partial charge in [-0.15, -0.1) is 0 Å². The predicted octanol–water partition coefficient (Wildman–Crippen LogP) is 1.27. The van der Waals surface area contributed by atoms with E-state index < -0.39 is 6.10 Å². The first-order chi connectivity index (χ1) is 9.09. The van der Waals surface area contributed by atoms with Crippen molar-refractivity contribution in [2.75, 3.05) is 27.2 Å². The van der Waals surface area contributed by atoms with Gasteiger partial charge in [0.25, 0.3) is 5.91 Å². The highest BCUT2D eigenvalue weighted by Gasteiger charge is 2.28. The fraction of sp³-hybridized carbons (Fsp3) is 0.533. The predicted molar refractivity (Wildman–Crippen MR) is 74.7 cm³/mol. The Morgan fingerprint density at radius 3 is 2.74 bits per heavy atom. The zero-order valence-electron chi connectivity index (χ0n) is 11.6. The molecule has 1 fully saturated rings. The van der Waals surface area contributed by atoms with Gasteiger partial charge in [0.2, 0.25) is 0 Å². The fourth-order valence-corrected chi connectivity index (χ4v) is 2.61. The van der Waals surface area contributed by atoms with E-state index in [4.69, 9.17) is 0 Å². The van der Waals surface area contributed by atoms with Crippen LogP contribution >= 0.6 is 0 Å². The molecule has 0 aliphatic carbocycles. The van der Waals surface area contributed by atoms with Crippen molar-refractivity contribution in [2.24, 2.45) is 0 Å². The highest BCUT2D eigenvalue weighted by atomic mass is 16.3. The summed E-state index contributed by atoms with van der Waals surface area (Å²) in [6, 6.07) is 9.30. The largest absolute Gasteiger partial charge is 0.378 e. The van der Waals surface area contributed by atoms with Crippen LogP contribution in [0.15, 0.2) is 30.3 Å². The Morgan fingerprint density at radius 2 is 2.11 bits per heavy atom. The van der Waals surface area contributed by atoms with Crippen LogP contribution in [0, 0.1) is 0 Å². The molecule has 2 rings (SSSR count). The van der Waals surface area contributed by atoms with E-state index in [2.05, 4.69) is 11.9 Å². The van der Waals surface area contributed by atoms with E-state index >= 15 is 0 Å². The van der Waals surface area contributed by atoms with Crippen LogP contribution in [-0.4, -0.2) is 54.0 Å². The van der Waals surface area contributed by atoms with Crippen molar-refractivity contribution in [3.63, 3.8) is 0 Å². The molecule has 1 aliphatic heterocycles. The normalized spacial score (nSPS) is 21.9. The Morgan fingerprint density at radius 1 is 1.42 bits per heavy atom. The quantitative estimate of drug-likeness (QED) is 0.892. The van der Waals surface area contributed by atoms with Gasteiger partial charge in [-0.3, -0.25) is 4.79 Å². The average molecular weight is 262 g/mol. The zero-order chi connectivity index (χ0) is 13.8. The molecule has 1 saturated heterocycles. The average Bonchev–Trinajstić information content (AvgIpc) is 2.46. The molecule has 1 heterocycles. The lowest BCUT2D eigenvalue weighted by Crippen LogP contribution is -2.48. The van der Waals surface area contributed by atoms with Crippen LogP contribution in [0.4, 0.5) is 0 Å². The molecule has 19 heavy (non-hydrogen) atoms. The lowest BCUT2D eigenvalue weighted by Gasteiger charge is -2.36. The maximum Gasteiger partial charge on any atom is 0.256 e. The SMILES string of the molecule is CN1CCCC(N(C)C(=O)C(O)c2ccccc2)C1. The van der Waals surface area contributed by atoms with Crippen molar-refractivity contribution < 1.29 is 9.90 Å². The molecule has 0 aromatic heterocycles. The molecule has 1 aliphatic rings. The smallest absolute Gasteiger partial charge is 0.256 e. The molecule has 0 bridgehead atoms.